The molecule has 8 heteroatoms. The summed E-state index contributed by atoms with van der Waals surface area (Å²) in [5.41, 5.74) is 0.245. The zero-order chi connectivity index (χ0) is 14.9. The second-order valence-corrected chi connectivity index (χ2v) is 5.33. The Morgan fingerprint density at radius 3 is 2.70 bits per heavy atom. The Morgan fingerprint density at radius 1 is 1.45 bits per heavy atom. The molecule has 2 aromatic rings. The highest BCUT2D eigenvalue weighted by atomic mass is 79.9. The second kappa shape index (κ2) is 5.64. The van der Waals surface area contributed by atoms with Crippen molar-refractivity contribution in [3.05, 3.63) is 61.3 Å². The van der Waals surface area contributed by atoms with Gasteiger partial charge in [-0.15, -0.1) is 0 Å². The molecule has 0 aliphatic heterocycles. The fourth-order valence-corrected chi connectivity index (χ4v) is 2.47. The molecule has 0 aliphatic carbocycles. The molecule has 0 spiro atoms. The topological polar surface area (TPSA) is 85.4 Å². The predicted octanol–water partition coefficient (Wildman–Crippen LogP) is 3.56. The van der Waals surface area contributed by atoms with Gasteiger partial charge in [0.2, 0.25) is 0 Å². The molecular formula is C12H8BrClN2O4. The van der Waals surface area contributed by atoms with Gasteiger partial charge in [0.25, 0.3) is 5.69 Å². The smallest absolute Gasteiger partial charge is 0.352 e. The molecule has 0 unspecified atom stereocenters. The molecule has 0 bridgehead atoms. The maximum Gasteiger partial charge on any atom is 0.352 e. The summed E-state index contributed by atoms with van der Waals surface area (Å²) >= 11 is 9.32. The number of rotatable bonds is 4. The molecule has 1 heterocycles. The molecule has 0 fully saturated rings. The van der Waals surface area contributed by atoms with Crippen LogP contribution in [0.3, 0.4) is 0 Å². The van der Waals surface area contributed by atoms with Crippen molar-refractivity contribution in [3.8, 4) is 0 Å². The summed E-state index contributed by atoms with van der Waals surface area (Å²) in [6.45, 7) is 0.140. The monoisotopic (exact) mass is 358 g/mol. The zero-order valence-corrected chi connectivity index (χ0v) is 12.3. The Hall–Kier alpha value is -1.86. The SMILES string of the molecule is O=C(O)c1cc([N+](=O)[O-])cn1Cc1ccc(Br)cc1Cl. The molecule has 0 radical (unpaired) electrons. The molecule has 1 N–H and O–H groups in total. The van der Waals surface area contributed by atoms with Gasteiger partial charge in [0.15, 0.2) is 0 Å². The maximum atomic E-state index is 11.1. The molecule has 1 aromatic heterocycles. The first-order valence-corrected chi connectivity index (χ1v) is 6.57. The summed E-state index contributed by atoms with van der Waals surface area (Å²) in [7, 11) is 0. The van der Waals surface area contributed by atoms with E-state index in [4.69, 9.17) is 16.7 Å². The third-order valence-electron chi connectivity index (χ3n) is 2.67. The molecule has 0 aliphatic rings. The highest BCUT2D eigenvalue weighted by Crippen LogP contribution is 2.24. The molecule has 0 amide bonds. The quantitative estimate of drug-likeness (QED) is 0.668. The number of halogens is 2. The predicted molar refractivity (Wildman–Crippen MR) is 76.3 cm³/mol. The summed E-state index contributed by atoms with van der Waals surface area (Å²) in [5.74, 6) is -1.23. The molecule has 6 nitrogen and oxygen atoms in total. The maximum absolute atomic E-state index is 11.1. The molecule has 0 saturated heterocycles. The summed E-state index contributed by atoms with van der Waals surface area (Å²) in [5, 5.41) is 20.2. The number of carboxylic acid groups (broad SMARTS) is 1. The largest absolute Gasteiger partial charge is 0.477 e. The van der Waals surface area contributed by atoms with E-state index in [-0.39, 0.29) is 17.9 Å². The first-order chi connectivity index (χ1) is 9.38. The average molecular weight is 360 g/mol. The minimum atomic E-state index is -1.23. The number of carbonyl (C=O) groups is 1. The average Bonchev–Trinajstić information content (AvgIpc) is 2.77. The number of nitro groups is 1. The third-order valence-corrected chi connectivity index (χ3v) is 3.51. The number of carboxylic acids is 1. The van der Waals surface area contributed by atoms with Gasteiger partial charge in [0.1, 0.15) is 5.69 Å². The lowest BCUT2D eigenvalue weighted by atomic mass is 10.2. The van der Waals surface area contributed by atoms with E-state index in [0.717, 1.165) is 10.5 Å². The van der Waals surface area contributed by atoms with E-state index in [1.54, 1.807) is 18.2 Å². The van der Waals surface area contributed by atoms with Crippen LogP contribution in [0.1, 0.15) is 16.1 Å². The van der Waals surface area contributed by atoms with Crippen LogP contribution in [0.15, 0.2) is 34.9 Å². The number of aromatic nitrogens is 1. The van der Waals surface area contributed by atoms with Crippen LogP contribution < -0.4 is 0 Å². The standard InChI is InChI=1S/C12H8BrClN2O4/c13-8-2-1-7(10(14)3-8)5-15-6-9(16(19)20)4-11(15)12(17)18/h1-4,6H,5H2,(H,17,18). The molecule has 0 atom stereocenters. The zero-order valence-electron chi connectivity index (χ0n) is 9.92. The summed E-state index contributed by atoms with van der Waals surface area (Å²) in [6.07, 6.45) is 1.18. The van der Waals surface area contributed by atoms with Crippen molar-refractivity contribution >= 4 is 39.2 Å². The van der Waals surface area contributed by atoms with E-state index in [1.807, 2.05) is 0 Å². The fraction of sp³-hybridized carbons (Fsp3) is 0.0833. The Labute approximate surface area is 126 Å². The molecule has 2 rings (SSSR count). The lowest BCUT2D eigenvalue weighted by molar-refractivity contribution is -0.384. The first kappa shape index (κ1) is 14.5. The van der Waals surface area contributed by atoms with Crippen molar-refractivity contribution < 1.29 is 14.8 Å². The molecule has 20 heavy (non-hydrogen) atoms. The first-order valence-electron chi connectivity index (χ1n) is 5.40. The van der Waals surface area contributed by atoms with E-state index in [9.17, 15) is 14.9 Å². The number of benzene rings is 1. The molecular weight excluding hydrogens is 351 g/mol. The van der Waals surface area contributed by atoms with E-state index in [1.165, 1.54) is 10.8 Å². The Bertz CT molecular complexity index is 699. The van der Waals surface area contributed by atoms with Crippen molar-refractivity contribution in [1.82, 2.24) is 4.57 Å². The number of nitrogens with zero attached hydrogens (tertiary/aromatic N) is 2. The van der Waals surface area contributed by atoms with Gasteiger partial charge in [0.05, 0.1) is 11.1 Å². The van der Waals surface area contributed by atoms with E-state index < -0.39 is 10.9 Å². The molecule has 1 aromatic carbocycles. The lowest BCUT2D eigenvalue weighted by Crippen LogP contribution is -2.08. The van der Waals surface area contributed by atoms with E-state index in [2.05, 4.69) is 15.9 Å². The lowest BCUT2D eigenvalue weighted by Gasteiger charge is -2.08. The minimum Gasteiger partial charge on any atom is -0.477 e. The Morgan fingerprint density at radius 2 is 2.15 bits per heavy atom. The summed E-state index contributed by atoms with van der Waals surface area (Å²) < 4.78 is 2.08. The summed E-state index contributed by atoms with van der Waals surface area (Å²) in [6, 6.07) is 6.19. The van der Waals surface area contributed by atoms with Gasteiger partial charge in [-0.25, -0.2) is 4.79 Å². The molecule has 104 valence electrons. The van der Waals surface area contributed by atoms with Crippen LogP contribution in [0.2, 0.25) is 5.02 Å². The highest BCUT2D eigenvalue weighted by molar-refractivity contribution is 9.10. The summed E-state index contributed by atoms with van der Waals surface area (Å²) in [4.78, 5) is 21.2. The van der Waals surface area contributed by atoms with E-state index in [0.29, 0.717) is 10.6 Å². The van der Waals surface area contributed by atoms with Crippen LogP contribution in [0.4, 0.5) is 5.69 Å². The van der Waals surface area contributed by atoms with Gasteiger partial charge in [-0.2, -0.15) is 0 Å². The Balaban J connectivity index is 2.42. The third kappa shape index (κ3) is 3.00. The van der Waals surface area contributed by atoms with Gasteiger partial charge < -0.3 is 9.67 Å². The second-order valence-electron chi connectivity index (χ2n) is 4.01. The fourth-order valence-electron chi connectivity index (χ4n) is 1.74. The number of hydrogen-bond acceptors (Lipinski definition) is 3. The number of aromatic carboxylic acids is 1. The van der Waals surface area contributed by atoms with Gasteiger partial charge in [-0.3, -0.25) is 10.1 Å². The minimum absolute atomic E-state index is 0.140. The normalized spacial score (nSPS) is 10.5. The van der Waals surface area contributed by atoms with Gasteiger partial charge >= 0.3 is 5.97 Å². The van der Waals surface area contributed by atoms with Crippen LogP contribution in [0.25, 0.3) is 0 Å². The van der Waals surface area contributed by atoms with Crippen molar-refractivity contribution in [2.75, 3.05) is 0 Å². The molecule has 0 saturated carbocycles. The van der Waals surface area contributed by atoms with Crippen molar-refractivity contribution in [3.63, 3.8) is 0 Å². The Kier molecular flexibility index (Phi) is 4.10. The van der Waals surface area contributed by atoms with Crippen LogP contribution in [0.5, 0.6) is 0 Å². The highest BCUT2D eigenvalue weighted by Gasteiger charge is 2.19. The van der Waals surface area contributed by atoms with Gasteiger partial charge in [-0.05, 0) is 17.7 Å². The van der Waals surface area contributed by atoms with Crippen molar-refractivity contribution in [2.24, 2.45) is 0 Å². The van der Waals surface area contributed by atoms with Crippen molar-refractivity contribution in [2.45, 2.75) is 6.54 Å². The van der Waals surface area contributed by atoms with E-state index >= 15 is 0 Å². The van der Waals surface area contributed by atoms with Gasteiger partial charge in [0, 0.05) is 22.1 Å². The van der Waals surface area contributed by atoms with Crippen LogP contribution in [-0.2, 0) is 6.54 Å². The van der Waals surface area contributed by atoms with Gasteiger partial charge in [-0.1, -0.05) is 33.6 Å². The number of hydrogen-bond donors (Lipinski definition) is 1. The van der Waals surface area contributed by atoms with Crippen LogP contribution in [0, 0.1) is 10.1 Å². The van der Waals surface area contributed by atoms with Crippen LogP contribution >= 0.6 is 27.5 Å². The van der Waals surface area contributed by atoms with Crippen LogP contribution in [-0.4, -0.2) is 20.6 Å². The van der Waals surface area contributed by atoms with Crippen molar-refractivity contribution in [1.29, 1.82) is 0 Å².